The lowest BCUT2D eigenvalue weighted by Crippen LogP contribution is -1.79. The number of halogens is 1. The summed E-state index contributed by atoms with van der Waals surface area (Å²) in [6.45, 7) is 2.08. The monoisotopic (exact) mass is 299 g/mol. The second kappa shape index (κ2) is 3.28. The van der Waals surface area contributed by atoms with Gasteiger partial charge in [-0.1, -0.05) is 6.07 Å². The number of nitrogens with zero attached hydrogens (tertiary/aromatic N) is 1. The van der Waals surface area contributed by atoms with Gasteiger partial charge in [-0.25, -0.2) is 0 Å². The number of hydrogen-bond acceptors (Lipinski definition) is 2. The van der Waals surface area contributed by atoms with Gasteiger partial charge in [0.15, 0.2) is 0 Å². The molecule has 0 aliphatic heterocycles. The van der Waals surface area contributed by atoms with E-state index in [2.05, 4.69) is 41.0 Å². The Balaban J connectivity index is 2.97. The summed E-state index contributed by atoms with van der Waals surface area (Å²) in [7, 11) is 0. The van der Waals surface area contributed by atoms with Crippen LogP contribution in [0.15, 0.2) is 17.5 Å². The van der Waals surface area contributed by atoms with Crippen molar-refractivity contribution in [3.8, 4) is 6.07 Å². The van der Waals surface area contributed by atoms with Crippen LogP contribution in [-0.2, 0) is 0 Å². The first-order valence-electron chi connectivity index (χ1n) is 3.80. The van der Waals surface area contributed by atoms with Gasteiger partial charge in [0.1, 0.15) is 6.07 Å². The van der Waals surface area contributed by atoms with Gasteiger partial charge in [0.05, 0.1) is 10.3 Å². The lowest BCUT2D eigenvalue weighted by Gasteiger charge is -1.97. The van der Waals surface area contributed by atoms with E-state index in [4.69, 9.17) is 5.26 Å². The number of hydrogen-bond donors (Lipinski definition) is 0. The molecule has 0 aliphatic rings. The number of thiophene rings is 1. The number of rotatable bonds is 0. The predicted octanol–water partition coefficient (Wildman–Crippen LogP) is 3.69. The summed E-state index contributed by atoms with van der Waals surface area (Å²) in [4.78, 5) is 0. The summed E-state index contributed by atoms with van der Waals surface area (Å²) in [6.07, 6.45) is 0. The van der Waals surface area contributed by atoms with E-state index in [0.29, 0.717) is 0 Å². The Bertz CT molecular complexity index is 507. The van der Waals surface area contributed by atoms with E-state index in [0.717, 1.165) is 10.3 Å². The van der Waals surface area contributed by atoms with E-state index in [1.807, 2.05) is 12.1 Å². The Kier molecular flexibility index (Phi) is 2.26. The minimum absolute atomic E-state index is 0.786. The van der Waals surface area contributed by atoms with Crippen molar-refractivity contribution in [3.05, 3.63) is 32.2 Å². The van der Waals surface area contributed by atoms with E-state index in [-0.39, 0.29) is 0 Å². The fraction of sp³-hybridized carbons (Fsp3) is 0.100. The SMILES string of the molecule is Cc1ccc(C#N)c2scc(I)c12. The zero-order valence-corrected chi connectivity index (χ0v) is 9.94. The average molecular weight is 299 g/mol. The van der Waals surface area contributed by atoms with E-state index < -0.39 is 0 Å². The zero-order chi connectivity index (χ0) is 9.42. The maximum atomic E-state index is 8.89. The quantitative estimate of drug-likeness (QED) is 0.681. The Hall–Kier alpha value is -0.600. The molecule has 1 aromatic heterocycles. The van der Waals surface area contributed by atoms with Crippen molar-refractivity contribution in [2.45, 2.75) is 6.92 Å². The largest absolute Gasteiger partial charge is 0.192 e. The van der Waals surface area contributed by atoms with E-state index >= 15 is 0 Å². The Morgan fingerprint density at radius 3 is 2.92 bits per heavy atom. The number of nitriles is 1. The number of fused-ring (bicyclic) bond motifs is 1. The molecule has 2 aromatic rings. The summed E-state index contributed by atoms with van der Waals surface area (Å²) in [5.74, 6) is 0. The van der Waals surface area contributed by atoms with Gasteiger partial charge in [0.25, 0.3) is 0 Å². The molecule has 0 spiro atoms. The molecule has 64 valence electrons. The molecular weight excluding hydrogens is 293 g/mol. The predicted molar refractivity (Wildman–Crippen MR) is 64.0 cm³/mol. The van der Waals surface area contributed by atoms with Gasteiger partial charge in [-0.2, -0.15) is 5.26 Å². The average Bonchev–Trinajstić information content (AvgIpc) is 2.50. The molecule has 2 rings (SSSR count). The summed E-state index contributed by atoms with van der Waals surface area (Å²) in [5, 5.41) is 12.2. The fourth-order valence-corrected chi connectivity index (χ4v) is 3.59. The van der Waals surface area contributed by atoms with Gasteiger partial charge >= 0.3 is 0 Å². The molecule has 1 aromatic carbocycles. The smallest absolute Gasteiger partial charge is 0.101 e. The second-order valence-electron chi connectivity index (χ2n) is 2.83. The van der Waals surface area contributed by atoms with Crippen LogP contribution < -0.4 is 0 Å². The topological polar surface area (TPSA) is 23.8 Å². The Morgan fingerprint density at radius 1 is 1.46 bits per heavy atom. The van der Waals surface area contributed by atoms with Gasteiger partial charge < -0.3 is 0 Å². The highest BCUT2D eigenvalue weighted by molar-refractivity contribution is 14.1. The first-order chi connectivity index (χ1) is 6.24. The van der Waals surface area contributed by atoms with Crippen molar-refractivity contribution in [3.63, 3.8) is 0 Å². The molecule has 13 heavy (non-hydrogen) atoms. The third-order valence-corrected chi connectivity index (χ3v) is 4.29. The molecule has 0 amide bonds. The first kappa shape index (κ1) is 8.97. The molecule has 1 nitrogen and oxygen atoms in total. The van der Waals surface area contributed by atoms with Crippen molar-refractivity contribution in [1.82, 2.24) is 0 Å². The first-order valence-corrected chi connectivity index (χ1v) is 5.76. The lowest BCUT2D eigenvalue weighted by atomic mass is 10.1. The molecule has 0 radical (unpaired) electrons. The standard InChI is InChI=1S/C10H6INS/c1-6-2-3-7(4-12)10-9(6)8(11)5-13-10/h2-3,5H,1H3. The molecule has 1 heterocycles. The van der Waals surface area contributed by atoms with Crippen LogP contribution in [0.25, 0.3) is 10.1 Å². The van der Waals surface area contributed by atoms with Crippen LogP contribution in [0.2, 0.25) is 0 Å². The van der Waals surface area contributed by atoms with Crippen molar-refractivity contribution >= 4 is 44.0 Å². The van der Waals surface area contributed by atoms with Crippen LogP contribution in [-0.4, -0.2) is 0 Å². The van der Waals surface area contributed by atoms with Crippen LogP contribution in [0.3, 0.4) is 0 Å². The Morgan fingerprint density at radius 2 is 2.23 bits per heavy atom. The number of aryl methyl sites for hydroxylation is 1. The van der Waals surface area contributed by atoms with E-state index in [1.54, 1.807) is 11.3 Å². The van der Waals surface area contributed by atoms with Crippen LogP contribution in [0.1, 0.15) is 11.1 Å². The third kappa shape index (κ3) is 1.34. The molecule has 0 saturated carbocycles. The molecule has 0 unspecified atom stereocenters. The van der Waals surface area contributed by atoms with Crippen molar-refractivity contribution < 1.29 is 0 Å². The summed E-state index contributed by atoms with van der Waals surface area (Å²) < 4.78 is 2.36. The maximum Gasteiger partial charge on any atom is 0.101 e. The molecular formula is C10H6INS. The minimum Gasteiger partial charge on any atom is -0.192 e. The van der Waals surface area contributed by atoms with Crippen molar-refractivity contribution in [2.75, 3.05) is 0 Å². The van der Waals surface area contributed by atoms with Gasteiger partial charge in [-0.05, 0) is 41.1 Å². The van der Waals surface area contributed by atoms with Crippen LogP contribution in [0.5, 0.6) is 0 Å². The van der Waals surface area contributed by atoms with E-state index in [1.165, 1.54) is 14.5 Å². The maximum absolute atomic E-state index is 8.89. The van der Waals surface area contributed by atoms with Crippen LogP contribution in [0, 0.1) is 21.8 Å². The molecule has 3 heteroatoms. The summed E-state index contributed by atoms with van der Waals surface area (Å²) in [6, 6.07) is 6.12. The van der Waals surface area contributed by atoms with Crippen molar-refractivity contribution in [2.24, 2.45) is 0 Å². The van der Waals surface area contributed by atoms with Gasteiger partial charge in [-0.3, -0.25) is 0 Å². The van der Waals surface area contributed by atoms with Crippen LogP contribution >= 0.6 is 33.9 Å². The van der Waals surface area contributed by atoms with E-state index in [9.17, 15) is 0 Å². The van der Waals surface area contributed by atoms with Gasteiger partial charge in [-0.15, -0.1) is 11.3 Å². The highest BCUT2D eigenvalue weighted by Crippen LogP contribution is 2.32. The normalized spacial score (nSPS) is 10.2. The van der Waals surface area contributed by atoms with Crippen LogP contribution in [0.4, 0.5) is 0 Å². The summed E-state index contributed by atoms with van der Waals surface area (Å²) >= 11 is 3.96. The molecule has 0 fully saturated rings. The Labute approximate surface area is 94.1 Å². The number of benzene rings is 1. The summed E-state index contributed by atoms with van der Waals surface area (Å²) in [5.41, 5.74) is 2.04. The van der Waals surface area contributed by atoms with Gasteiger partial charge in [0, 0.05) is 14.3 Å². The second-order valence-corrected chi connectivity index (χ2v) is 4.87. The molecule has 0 aliphatic carbocycles. The van der Waals surface area contributed by atoms with Crippen molar-refractivity contribution in [1.29, 1.82) is 5.26 Å². The lowest BCUT2D eigenvalue weighted by molar-refractivity contribution is 1.48. The highest BCUT2D eigenvalue weighted by Gasteiger charge is 2.07. The minimum atomic E-state index is 0.786. The molecule has 0 bridgehead atoms. The molecule has 0 saturated heterocycles. The fourth-order valence-electron chi connectivity index (χ4n) is 1.36. The third-order valence-electron chi connectivity index (χ3n) is 2.01. The zero-order valence-electron chi connectivity index (χ0n) is 6.97. The highest BCUT2D eigenvalue weighted by atomic mass is 127. The molecule has 0 N–H and O–H groups in total. The van der Waals surface area contributed by atoms with Gasteiger partial charge in [0.2, 0.25) is 0 Å². The molecule has 0 atom stereocenters.